The zero-order valence-corrected chi connectivity index (χ0v) is 10.7. The van der Waals surface area contributed by atoms with Crippen LogP contribution in [0.1, 0.15) is 18.4 Å². The van der Waals surface area contributed by atoms with Crippen molar-refractivity contribution in [2.75, 3.05) is 18.9 Å². The number of likely N-dealkylation sites (N-methyl/N-ethyl adjacent to an activating group) is 1. The molecule has 0 aromatic carbocycles. The molecule has 18 heavy (non-hydrogen) atoms. The fraction of sp³-hybridized carbons (Fsp3) is 0.417. The smallest absolute Gasteiger partial charge is 0.222 e. The average Bonchev–Trinajstić information content (AvgIpc) is 2.33. The Kier molecular flexibility index (Phi) is 3.68. The lowest BCUT2D eigenvalue weighted by molar-refractivity contribution is -0.132. The van der Waals surface area contributed by atoms with Crippen molar-refractivity contribution in [2.45, 2.75) is 18.9 Å². The number of nitrogens with one attached hydrogen (secondary N) is 1. The minimum Gasteiger partial charge on any atom is -0.365 e. The van der Waals surface area contributed by atoms with E-state index in [1.54, 1.807) is 18.0 Å². The van der Waals surface area contributed by atoms with Gasteiger partial charge in [-0.15, -0.1) is 0 Å². The van der Waals surface area contributed by atoms with E-state index in [4.69, 9.17) is 16.9 Å². The van der Waals surface area contributed by atoms with Crippen molar-refractivity contribution in [1.82, 2.24) is 9.88 Å². The zero-order chi connectivity index (χ0) is 13.1. The fourth-order valence-electron chi connectivity index (χ4n) is 1.97. The molecule has 2 rings (SSSR count). The molecule has 1 fully saturated rings. The Morgan fingerprint density at radius 1 is 1.61 bits per heavy atom. The second-order valence-electron chi connectivity index (χ2n) is 4.33. The molecule has 2 heterocycles. The van der Waals surface area contributed by atoms with Gasteiger partial charge in [0.25, 0.3) is 0 Å². The summed E-state index contributed by atoms with van der Waals surface area (Å²) < 4.78 is 0. The van der Waals surface area contributed by atoms with Crippen LogP contribution in [0.15, 0.2) is 12.1 Å². The van der Waals surface area contributed by atoms with Crippen molar-refractivity contribution in [3.05, 3.63) is 22.8 Å². The van der Waals surface area contributed by atoms with E-state index in [0.29, 0.717) is 24.3 Å². The number of nitrogens with zero attached hydrogens (tertiary/aromatic N) is 3. The predicted molar refractivity (Wildman–Crippen MR) is 68.2 cm³/mol. The Morgan fingerprint density at radius 3 is 3.06 bits per heavy atom. The van der Waals surface area contributed by atoms with E-state index in [1.165, 1.54) is 6.07 Å². The molecule has 1 atom stereocenters. The van der Waals surface area contributed by atoms with Gasteiger partial charge in [-0.1, -0.05) is 11.6 Å². The molecular formula is C12H13ClN4O. The highest BCUT2D eigenvalue weighted by Crippen LogP contribution is 2.18. The molecule has 1 aliphatic heterocycles. The first-order chi connectivity index (χ1) is 8.58. The monoisotopic (exact) mass is 264 g/mol. The molecule has 1 saturated heterocycles. The Bertz CT molecular complexity index is 511. The van der Waals surface area contributed by atoms with Gasteiger partial charge in [-0.2, -0.15) is 5.26 Å². The van der Waals surface area contributed by atoms with Crippen molar-refractivity contribution in [3.63, 3.8) is 0 Å². The fourth-order valence-corrected chi connectivity index (χ4v) is 2.18. The number of hydrogen-bond donors (Lipinski definition) is 1. The quantitative estimate of drug-likeness (QED) is 0.825. The second kappa shape index (κ2) is 5.23. The number of hydrogen-bond acceptors (Lipinski definition) is 4. The Labute approximate surface area is 110 Å². The van der Waals surface area contributed by atoms with E-state index < -0.39 is 0 Å². The van der Waals surface area contributed by atoms with Crippen LogP contribution in [-0.2, 0) is 4.79 Å². The van der Waals surface area contributed by atoms with Gasteiger partial charge >= 0.3 is 0 Å². The standard InChI is InChI=1S/C12H13ClN4O/c1-17-7-9(2-3-12(17)18)15-11-5-8(6-14)4-10(13)16-11/h4-5,9H,2-3,7H2,1H3,(H,15,16). The van der Waals surface area contributed by atoms with Crippen LogP contribution in [0.4, 0.5) is 5.82 Å². The maximum absolute atomic E-state index is 11.4. The van der Waals surface area contributed by atoms with Crippen molar-refractivity contribution in [1.29, 1.82) is 5.26 Å². The highest BCUT2D eigenvalue weighted by atomic mass is 35.5. The number of halogens is 1. The maximum atomic E-state index is 11.4. The number of nitriles is 1. The normalized spacial score (nSPS) is 19.5. The first-order valence-corrected chi connectivity index (χ1v) is 6.04. The summed E-state index contributed by atoms with van der Waals surface area (Å²) in [5.41, 5.74) is 0.470. The van der Waals surface area contributed by atoms with E-state index in [9.17, 15) is 4.79 Å². The molecule has 1 amide bonds. The van der Waals surface area contributed by atoms with Gasteiger partial charge in [-0.05, 0) is 18.6 Å². The number of carbonyl (C=O) groups is 1. The molecule has 5 nitrogen and oxygen atoms in total. The molecule has 0 spiro atoms. The molecule has 1 unspecified atom stereocenters. The highest BCUT2D eigenvalue weighted by molar-refractivity contribution is 6.29. The maximum Gasteiger partial charge on any atom is 0.222 e. The number of likely N-dealkylation sites (tertiary alicyclic amines) is 1. The molecule has 6 heteroatoms. The number of pyridine rings is 1. The van der Waals surface area contributed by atoms with Gasteiger partial charge in [-0.3, -0.25) is 4.79 Å². The Hall–Kier alpha value is -1.80. The minimum absolute atomic E-state index is 0.144. The van der Waals surface area contributed by atoms with Gasteiger partial charge in [-0.25, -0.2) is 4.98 Å². The van der Waals surface area contributed by atoms with Crippen LogP contribution in [-0.4, -0.2) is 35.4 Å². The summed E-state index contributed by atoms with van der Waals surface area (Å²) in [6.07, 6.45) is 1.29. The molecular weight excluding hydrogens is 252 g/mol. The number of piperidine rings is 1. The van der Waals surface area contributed by atoms with Crippen molar-refractivity contribution >= 4 is 23.3 Å². The first kappa shape index (κ1) is 12.7. The third-order valence-corrected chi connectivity index (χ3v) is 3.10. The molecule has 1 aromatic heterocycles. The molecule has 1 N–H and O–H groups in total. The summed E-state index contributed by atoms with van der Waals surface area (Å²) in [5, 5.41) is 12.3. The molecule has 0 bridgehead atoms. The van der Waals surface area contributed by atoms with Crippen molar-refractivity contribution in [3.8, 4) is 6.07 Å². The molecule has 94 valence electrons. The molecule has 0 aliphatic carbocycles. The summed E-state index contributed by atoms with van der Waals surface area (Å²) in [6.45, 7) is 0.634. The summed E-state index contributed by atoms with van der Waals surface area (Å²) in [5.74, 6) is 0.733. The first-order valence-electron chi connectivity index (χ1n) is 5.66. The minimum atomic E-state index is 0.144. The van der Waals surface area contributed by atoms with E-state index in [-0.39, 0.29) is 17.1 Å². The van der Waals surface area contributed by atoms with E-state index >= 15 is 0 Å². The lowest BCUT2D eigenvalue weighted by Gasteiger charge is -2.30. The predicted octanol–water partition coefficient (Wildman–Crippen LogP) is 1.64. The van der Waals surface area contributed by atoms with Crippen molar-refractivity contribution < 1.29 is 4.79 Å². The molecule has 0 radical (unpaired) electrons. The van der Waals surface area contributed by atoms with Crippen LogP contribution in [0.3, 0.4) is 0 Å². The number of anilines is 1. The van der Waals surface area contributed by atoms with Crippen molar-refractivity contribution in [2.24, 2.45) is 0 Å². The van der Waals surface area contributed by atoms with Gasteiger partial charge in [0.1, 0.15) is 11.0 Å². The Balaban J connectivity index is 2.08. The van der Waals surface area contributed by atoms with Crippen LogP contribution >= 0.6 is 11.6 Å². The second-order valence-corrected chi connectivity index (χ2v) is 4.72. The molecule has 0 saturated carbocycles. The van der Waals surface area contributed by atoms with Crippen LogP contribution in [0, 0.1) is 11.3 Å². The van der Waals surface area contributed by atoms with E-state index in [0.717, 1.165) is 6.42 Å². The van der Waals surface area contributed by atoms with Gasteiger partial charge in [0.15, 0.2) is 0 Å². The lowest BCUT2D eigenvalue weighted by atomic mass is 10.1. The van der Waals surface area contributed by atoms with E-state index in [2.05, 4.69) is 10.3 Å². The summed E-state index contributed by atoms with van der Waals surface area (Å²) in [7, 11) is 1.78. The largest absolute Gasteiger partial charge is 0.365 e. The third-order valence-electron chi connectivity index (χ3n) is 2.90. The SMILES string of the molecule is CN1CC(Nc2cc(C#N)cc(Cl)n2)CCC1=O. The lowest BCUT2D eigenvalue weighted by Crippen LogP contribution is -2.43. The van der Waals surface area contributed by atoms with Crippen LogP contribution in [0.2, 0.25) is 5.15 Å². The van der Waals surface area contributed by atoms with Crippen LogP contribution in [0.25, 0.3) is 0 Å². The van der Waals surface area contributed by atoms with E-state index in [1.807, 2.05) is 6.07 Å². The summed E-state index contributed by atoms with van der Waals surface area (Å²) in [4.78, 5) is 17.2. The van der Waals surface area contributed by atoms with Crippen LogP contribution in [0.5, 0.6) is 0 Å². The average molecular weight is 265 g/mol. The summed E-state index contributed by atoms with van der Waals surface area (Å²) >= 11 is 5.83. The molecule has 1 aromatic rings. The van der Waals surface area contributed by atoms with Crippen LogP contribution < -0.4 is 5.32 Å². The zero-order valence-electron chi connectivity index (χ0n) is 9.98. The van der Waals surface area contributed by atoms with Gasteiger partial charge in [0.05, 0.1) is 11.6 Å². The number of carbonyl (C=O) groups excluding carboxylic acids is 1. The number of rotatable bonds is 2. The topological polar surface area (TPSA) is 69.0 Å². The number of amides is 1. The third kappa shape index (κ3) is 2.90. The summed E-state index contributed by atoms with van der Waals surface area (Å²) in [6, 6.07) is 5.35. The van der Waals surface area contributed by atoms with Gasteiger partial charge in [0, 0.05) is 26.1 Å². The highest BCUT2D eigenvalue weighted by Gasteiger charge is 2.22. The Morgan fingerprint density at radius 2 is 2.39 bits per heavy atom. The van der Waals surface area contributed by atoms with Gasteiger partial charge < -0.3 is 10.2 Å². The number of aromatic nitrogens is 1. The molecule has 1 aliphatic rings. The van der Waals surface area contributed by atoms with Gasteiger partial charge in [0.2, 0.25) is 5.91 Å².